The van der Waals surface area contributed by atoms with Crippen molar-refractivity contribution in [1.29, 1.82) is 0 Å². The summed E-state index contributed by atoms with van der Waals surface area (Å²) in [5, 5.41) is 0. The summed E-state index contributed by atoms with van der Waals surface area (Å²) in [7, 11) is -1.42. The Hall–Kier alpha value is -1.18. The minimum Gasteiger partial charge on any atom is -0.353 e. The molecule has 0 aliphatic carbocycles. The minimum absolute atomic E-state index is 0.276. The molecule has 0 saturated carbocycles. The van der Waals surface area contributed by atoms with Crippen molar-refractivity contribution in [2.24, 2.45) is 0 Å². The van der Waals surface area contributed by atoms with Crippen molar-refractivity contribution in [1.82, 2.24) is 14.6 Å². The zero-order valence-corrected chi connectivity index (χ0v) is 12.9. The van der Waals surface area contributed by atoms with Gasteiger partial charge in [-0.3, -0.25) is 0 Å². The molecule has 1 N–H and O–H groups in total. The first-order chi connectivity index (χ1) is 9.54. The van der Waals surface area contributed by atoms with Gasteiger partial charge in [0, 0.05) is 38.9 Å². The number of hydrogen-bond donors (Lipinski definition) is 1. The molecule has 0 aromatic carbocycles. The number of rotatable bonds is 5. The van der Waals surface area contributed by atoms with Gasteiger partial charge in [0.1, 0.15) is 10.7 Å². The molecule has 0 amide bonds. The Morgan fingerprint density at radius 1 is 1.30 bits per heavy atom. The lowest BCUT2D eigenvalue weighted by atomic mass is 10.3. The Morgan fingerprint density at radius 2 is 2.00 bits per heavy atom. The molecule has 1 aromatic rings. The molecule has 2 rings (SSSR count). The maximum absolute atomic E-state index is 12.3. The quantitative estimate of drug-likeness (QED) is 0.858. The summed E-state index contributed by atoms with van der Waals surface area (Å²) in [6.45, 7) is 5.80. The highest BCUT2D eigenvalue weighted by atomic mass is 32.2. The van der Waals surface area contributed by atoms with Crippen LogP contribution < -0.4 is 9.62 Å². The molecule has 1 fully saturated rings. The van der Waals surface area contributed by atoms with Crippen LogP contribution in [0.15, 0.2) is 23.2 Å². The lowest BCUT2D eigenvalue weighted by Crippen LogP contribution is -2.45. The van der Waals surface area contributed by atoms with Gasteiger partial charge in [0.05, 0.1) is 0 Å². The van der Waals surface area contributed by atoms with E-state index in [9.17, 15) is 8.42 Å². The van der Waals surface area contributed by atoms with Crippen LogP contribution in [-0.4, -0.2) is 58.1 Å². The van der Waals surface area contributed by atoms with Crippen molar-refractivity contribution in [2.45, 2.75) is 18.2 Å². The van der Waals surface area contributed by atoms with E-state index in [1.54, 1.807) is 18.3 Å². The van der Waals surface area contributed by atoms with Crippen molar-refractivity contribution < 1.29 is 8.42 Å². The molecule has 0 radical (unpaired) electrons. The predicted molar refractivity (Wildman–Crippen MR) is 79.4 cm³/mol. The van der Waals surface area contributed by atoms with E-state index in [-0.39, 0.29) is 4.90 Å². The molecule has 0 atom stereocenters. The third-order valence-electron chi connectivity index (χ3n) is 3.39. The van der Waals surface area contributed by atoms with Gasteiger partial charge in [-0.2, -0.15) is 0 Å². The van der Waals surface area contributed by atoms with Crippen molar-refractivity contribution in [3.8, 4) is 0 Å². The summed E-state index contributed by atoms with van der Waals surface area (Å²) in [6, 6.07) is 3.29. The zero-order chi connectivity index (χ0) is 14.6. The SMILES string of the molecule is CCCNS(=O)(=O)c1cccnc1N1CCN(C)CC1. The van der Waals surface area contributed by atoms with E-state index in [0.717, 1.165) is 32.6 Å². The molecule has 1 aliphatic heterocycles. The second kappa shape index (κ2) is 6.51. The Kier molecular flexibility index (Phi) is 4.95. The van der Waals surface area contributed by atoms with Crippen molar-refractivity contribution in [3.63, 3.8) is 0 Å². The molecule has 1 saturated heterocycles. The topological polar surface area (TPSA) is 65.5 Å². The monoisotopic (exact) mass is 298 g/mol. The smallest absolute Gasteiger partial charge is 0.244 e. The van der Waals surface area contributed by atoms with E-state index in [0.29, 0.717) is 12.4 Å². The normalized spacial score (nSPS) is 17.4. The zero-order valence-electron chi connectivity index (χ0n) is 12.0. The summed E-state index contributed by atoms with van der Waals surface area (Å²) in [6.07, 6.45) is 2.41. The van der Waals surface area contributed by atoms with Crippen LogP contribution in [0.1, 0.15) is 13.3 Å². The molecule has 20 heavy (non-hydrogen) atoms. The number of nitrogens with zero attached hydrogens (tertiary/aromatic N) is 3. The Bertz CT molecular complexity index is 539. The van der Waals surface area contributed by atoms with Crippen LogP contribution in [0.4, 0.5) is 5.82 Å². The van der Waals surface area contributed by atoms with Crippen LogP contribution in [0.5, 0.6) is 0 Å². The number of likely N-dealkylation sites (N-methyl/N-ethyl adjacent to an activating group) is 1. The van der Waals surface area contributed by atoms with Gasteiger partial charge in [-0.15, -0.1) is 0 Å². The van der Waals surface area contributed by atoms with Crippen LogP contribution in [0.25, 0.3) is 0 Å². The predicted octanol–water partition coefficient (Wildman–Crippen LogP) is 0.522. The summed E-state index contributed by atoms with van der Waals surface area (Å²) in [5.74, 6) is 0.559. The lowest BCUT2D eigenvalue weighted by Gasteiger charge is -2.34. The van der Waals surface area contributed by atoms with Crippen molar-refractivity contribution in [3.05, 3.63) is 18.3 Å². The minimum atomic E-state index is -3.48. The maximum Gasteiger partial charge on any atom is 0.244 e. The second-order valence-electron chi connectivity index (χ2n) is 5.01. The lowest BCUT2D eigenvalue weighted by molar-refractivity contribution is 0.311. The maximum atomic E-state index is 12.3. The highest BCUT2D eigenvalue weighted by molar-refractivity contribution is 7.89. The van der Waals surface area contributed by atoms with Gasteiger partial charge >= 0.3 is 0 Å². The third kappa shape index (κ3) is 3.47. The Labute approximate surface area is 120 Å². The summed E-state index contributed by atoms with van der Waals surface area (Å²) in [4.78, 5) is 8.83. The van der Waals surface area contributed by atoms with Crippen LogP contribution in [0.3, 0.4) is 0 Å². The fourth-order valence-corrected chi connectivity index (χ4v) is 3.47. The van der Waals surface area contributed by atoms with Gasteiger partial charge in [-0.1, -0.05) is 6.92 Å². The molecule has 112 valence electrons. The van der Waals surface area contributed by atoms with Crippen molar-refractivity contribution >= 4 is 15.8 Å². The molecule has 0 bridgehead atoms. The molecule has 6 nitrogen and oxygen atoms in total. The van der Waals surface area contributed by atoms with E-state index in [2.05, 4.69) is 21.7 Å². The summed E-state index contributed by atoms with van der Waals surface area (Å²) >= 11 is 0. The number of anilines is 1. The first-order valence-corrected chi connectivity index (χ1v) is 8.41. The second-order valence-corrected chi connectivity index (χ2v) is 6.75. The molecule has 0 unspecified atom stereocenters. The Morgan fingerprint density at radius 3 is 2.65 bits per heavy atom. The number of pyridine rings is 1. The highest BCUT2D eigenvalue weighted by Gasteiger charge is 2.24. The highest BCUT2D eigenvalue weighted by Crippen LogP contribution is 2.23. The number of piperazine rings is 1. The average Bonchev–Trinajstić information content (AvgIpc) is 2.46. The number of nitrogens with one attached hydrogen (secondary N) is 1. The third-order valence-corrected chi connectivity index (χ3v) is 4.87. The first kappa shape index (κ1) is 15.2. The molecular weight excluding hydrogens is 276 g/mol. The van der Waals surface area contributed by atoms with Gasteiger partial charge in [0.25, 0.3) is 0 Å². The van der Waals surface area contributed by atoms with Crippen molar-refractivity contribution in [2.75, 3.05) is 44.7 Å². The average molecular weight is 298 g/mol. The molecule has 1 aliphatic rings. The fraction of sp³-hybridized carbons (Fsp3) is 0.615. The van der Waals surface area contributed by atoms with Crippen LogP contribution >= 0.6 is 0 Å². The number of sulfonamides is 1. The summed E-state index contributed by atoms with van der Waals surface area (Å²) < 4.78 is 27.3. The standard InChI is InChI=1S/C13H22N4O2S/c1-3-6-15-20(18,19)12-5-4-7-14-13(12)17-10-8-16(2)9-11-17/h4-5,7,15H,3,6,8-11H2,1-2H3. The van der Waals surface area contributed by atoms with Crippen LogP contribution in [0, 0.1) is 0 Å². The number of hydrogen-bond acceptors (Lipinski definition) is 5. The summed E-state index contributed by atoms with van der Waals surface area (Å²) in [5.41, 5.74) is 0. The van der Waals surface area contributed by atoms with E-state index in [1.165, 1.54) is 0 Å². The number of aromatic nitrogens is 1. The van der Waals surface area contributed by atoms with E-state index in [4.69, 9.17) is 0 Å². The van der Waals surface area contributed by atoms with E-state index < -0.39 is 10.0 Å². The van der Waals surface area contributed by atoms with Gasteiger partial charge in [-0.05, 0) is 25.6 Å². The molecule has 2 heterocycles. The van der Waals surface area contributed by atoms with Gasteiger partial charge < -0.3 is 9.80 Å². The van der Waals surface area contributed by atoms with E-state index in [1.807, 2.05) is 11.8 Å². The first-order valence-electron chi connectivity index (χ1n) is 6.93. The van der Waals surface area contributed by atoms with Crippen LogP contribution in [0.2, 0.25) is 0 Å². The Balaban J connectivity index is 2.26. The van der Waals surface area contributed by atoms with Gasteiger partial charge in [-0.25, -0.2) is 18.1 Å². The molecule has 7 heteroatoms. The fourth-order valence-electron chi connectivity index (χ4n) is 2.16. The van der Waals surface area contributed by atoms with Gasteiger partial charge in [0.2, 0.25) is 10.0 Å². The van der Waals surface area contributed by atoms with Crippen LogP contribution in [-0.2, 0) is 10.0 Å². The molecule has 1 aromatic heterocycles. The molecule has 0 spiro atoms. The van der Waals surface area contributed by atoms with Gasteiger partial charge in [0.15, 0.2) is 0 Å². The van der Waals surface area contributed by atoms with E-state index >= 15 is 0 Å². The largest absolute Gasteiger partial charge is 0.353 e. The molecular formula is C13H22N4O2S.